The molecule has 0 radical (unpaired) electrons. The molecular formula is C13H12ClNO. The topological polar surface area (TPSA) is 32.3 Å². The van der Waals surface area contributed by atoms with Crippen LogP contribution in [0.4, 0.5) is 0 Å². The molecule has 0 saturated carbocycles. The van der Waals surface area contributed by atoms with Gasteiger partial charge in [0.25, 0.3) is 0 Å². The van der Waals surface area contributed by atoms with Crippen LogP contribution in [0.25, 0.3) is 11.1 Å². The summed E-state index contributed by atoms with van der Waals surface area (Å²) in [6, 6.07) is 15.2. The zero-order valence-electron chi connectivity index (χ0n) is 8.65. The van der Waals surface area contributed by atoms with Gasteiger partial charge >= 0.3 is 0 Å². The molecule has 2 rings (SSSR count). The van der Waals surface area contributed by atoms with Crippen LogP contribution in [0.2, 0.25) is 0 Å². The zero-order valence-corrected chi connectivity index (χ0v) is 9.41. The molecule has 0 amide bonds. The van der Waals surface area contributed by atoms with Crippen LogP contribution in [-0.4, -0.2) is 5.11 Å². The van der Waals surface area contributed by atoms with Crippen LogP contribution >= 0.6 is 11.8 Å². The van der Waals surface area contributed by atoms with E-state index >= 15 is 0 Å². The van der Waals surface area contributed by atoms with E-state index in [-0.39, 0.29) is 5.75 Å². The average molecular weight is 234 g/mol. The third kappa shape index (κ3) is 2.54. The summed E-state index contributed by atoms with van der Waals surface area (Å²) in [7, 11) is 0. The highest BCUT2D eigenvalue weighted by Gasteiger charge is 1.98. The fourth-order valence-corrected chi connectivity index (χ4v) is 1.73. The number of benzene rings is 2. The molecule has 0 fully saturated rings. The van der Waals surface area contributed by atoms with Gasteiger partial charge in [-0.1, -0.05) is 36.4 Å². The molecule has 0 aromatic heterocycles. The minimum absolute atomic E-state index is 0.281. The maximum absolute atomic E-state index is 9.39. The van der Waals surface area contributed by atoms with Crippen LogP contribution < -0.4 is 4.84 Å². The Morgan fingerprint density at radius 3 is 2.38 bits per heavy atom. The van der Waals surface area contributed by atoms with Crippen molar-refractivity contribution in [2.24, 2.45) is 0 Å². The molecule has 0 heterocycles. The maximum Gasteiger partial charge on any atom is 0.116 e. The molecule has 2 nitrogen and oxygen atoms in total. The number of nitrogens with one attached hydrogen (secondary N) is 1. The number of phenols is 1. The minimum Gasteiger partial charge on any atom is -0.508 e. The number of phenolic OH excluding ortho intramolecular Hbond substituents is 1. The molecule has 0 spiro atoms. The summed E-state index contributed by atoms with van der Waals surface area (Å²) in [6.07, 6.45) is 0. The Labute approximate surface area is 99.6 Å². The molecule has 0 saturated heterocycles. The summed E-state index contributed by atoms with van der Waals surface area (Å²) in [5, 5.41) is 9.39. The number of hydrogen-bond donors (Lipinski definition) is 2. The van der Waals surface area contributed by atoms with Crippen molar-refractivity contribution in [1.29, 1.82) is 0 Å². The van der Waals surface area contributed by atoms with Gasteiger partial charge in [-0.2, -0.15) is 0 Å². The normalized spacial score (nSPS) is 10.3. The van der Waals surface area contributed by atoms with E-state index in [1.165, 1.54) is 0 Å². The smallest absolute Gasteiger partial charge is 0.116 e. The summed E-state index contributed by atoms with van der Waals surface area (Å²) in [5.74, 6) is 0.281. The predicted octanol–water partition coefficient (Wildman–Crippen LogP) is 3.30. The fraction of sp³-hybridized carbons (Fsp3) is 0.0769. The Kier molecular flexibility index (Phi) is 3.44. The van der Waals surface area contributed by atoms with Gasteiger partial charge in [0.1, 0.15) is 5.75 Å². The van der Waals surface area contributed by atoms with Crippen LogP contribution in [0.5, 0.6) is 5.75 Å². The van der Waals surface area contributed by atoms with E-state index in [0.29, 0.717) is 6.54 Å². The predicted molar refractivity (Wildman–Crippen MR) is 66.2 cm³/mol. The Hall–Kier alpha value is -1.51. The summed E-state index contributed by atoms with van der Waals surface area (Å²) in [5.41, 5.74) is 3.21. The van der Waals surface area contributed by atoms with Crippen molar-refractivity contribution >= 4 is 11.8 Å². The van der Waals surface area contributed by atoms with Gasteiger partial charge in [-0.3, -0.25) is 0 Å². The Morgan fingerprint density at radius 2 is 1.75 bits per heavy atom. The van der Waals surface area contributed by atoms with Crippen LogP contribution in [-0.2, 0) is 6.54 Å². The van der Waals surface area contributed by atoms with Gasteiger partial charge in [0.2, 0.25) is 0 Å². The summed E-state index contributed by atoms with van der Waals surface area (Å²) < 4.78 is 0. The number of halogens is 1. The van der Waals surface area contributed by atoms with E-state index in [9.17, 15) is 5.11 Å². The van der Waals surface area contributed by atoms with Gasteiger partial charge in [0, 0.05) is 6.54 Å². The molecule has 0 bridgehead atoms. The van der Waals surface area contributed by atoms with E-state index in [1.54, 1.807) is 12.1 Å². The molecule has 0 unspecified atom stereocenters. The molecule has 2 N–H and O–H groups in total. The largest absolute Gasteiger partial charge is 0.508 e. The first-order valence-electron chi connectivity index (χ1n) is 5.01. The second-order valence-electron chi connectivity index (χ2n) is 3.56. The highest BCUT2D eigenvalue weighted by molar-refractivity contribution is 6.13. The first kappa shape index (κ1) is 11.0. The lowest BCUT2D eigenvalue weighted by Gasteiger charge is -2.04. The summed E-state index contributed by atoms with van der Waals surface area (Å²) in [4.78, 5) is 2.58. The monoisotopic (exact) mass is 233 g/mol. The average Bonchev–Trinajstić information content (AvgIpc) is 2.30. The second kappa shape index (κ2) is 5.01. The number of hydrogen-bond acceptors (Lipinski definition) is 2. The second-order valence-corrected chi connectivity index (χ2v) is 3.82. The van der Waals surface area contributed by atoms with Crippen molar-refractivity contribution in [3.8, 4) is 16.9 Å². The first-order valence-corrected chi connectivity index (χ1v) is 5.39. The van der Waals surface area contributed by atoms with E-state index < -0.39 is 0 Å². The Balaban J connectivity index is 2.27. The molecule has 3 heteroatoms. The standard InChI is InChI=1S/C13H12ClNO/c14-15-9-10-4-6-11(7-5-10)12-2-1-3-13(16)8-12/h1-8,15-16H,9H2. The third-order valence-electron chi connectivity index (χ3n) is 2.40. The van der Waals surface area contributed by atoms with Crippen molar-refractivity contribution in [2.45, 2.75) is 6.54 Å². The van der Waals surface area contributed by atoms with Gasteiger partial charge in [0.15, 0.2) is 0 Å². The molecule has 82 valence electrons. The molecule has 2 aromatic carbocycles. The lowest BCUT2D eigenvalue weighted by molar-refractivity contribution is 0.475. The van der Waals surface area contributed by atoms with Gasteiger partial charge < -0.3 is 5.11 Å². The molecule has 0 aliphatic heterocycles. The lowest BCUT2D eigenvalue weighted by atomic mass is 10.0. The number of aromatic hydroxyl groups is 1. The third-order valence-corrected chi connectivity index (χ3v) is 2.54. The highest BCUT2D eigenvalue weighted by Crippen LogP contribution is 2.23. The SMILES string of the molecule is Oc1cccc(-c2ccc(CNCl)cc2)c1. The van der Waals surface area contributed by atoms with Crippen LogP contribution in [0.15, 0.2) is 48.5 Å². The summed E-state index contributed by atoms with van der Waals surface area (Å²) >= 11 is 5.43. The van der Waals surface area contributed by atoms with Crippen LogP contribution in [0.3, 0.4) is 0 Å². The Morgan fingerprint density at radius 1 is 1.00 bits per heavy atom. The van der Waals surface area contributed by atoms with Crippen LogP contribution in [0.1, 0.15) is 5.56 Å². The van der Waals surface area contributed by atoms with Gasteiger partial charge in [-0.15, -0.1) is 0 Å². The minimum atomic E-state index is 0.281. The Bertz CT molecular complexity index is 468. The molecule has 2 aromatic rings. The van der Waals surface area contributed by atoms with E-state index in [4.69, 9.17) is 11.8 Å². The van der Waals surface area contributed by atoms with Crippen molar-refractivity contribution in [3.63, 3.8) is 0 Å². The van der Waals surface area contributed by atoms with Crippen molar-refractivity contribution in [3.05, 3.63) is 54.1 Å². The van der Waals surface area contributed by atoms with Crippen molar-refractivity contribution in [1.82, 2.24) is 4.84 Å². The molecule has 0 aliphatic rings. The first-order chi connectivity index (χ1) is 7.79. The molecule has 16 heavy (non-hydrogen) atoms. The molecular weight excluding hydrogens is 222 g/mol. The lowest BCUT2D eigenvalue weighted by Crippen LogP contribution is -1.97. The molecule has 0 aliphatic carbocycles. The fourth-order valence-electron chi connectivity index (χ4n) is 1.58. The van der Waals surface area contributed by atoms with Crippen molar-refractivity contribution < 1.29 is 5.11 Å². The van der Waals surface area contributed by atoms with Crippen LogP contribution in [0, 0.1) is 0 Å². The van der Waals surface area contributed by atoms with Gasteiger partial charge in [-0.25, -0.2) is 4.84 Å². The zero-order chi connectivity index (χ0) is 11.4. The highest BCUT2D eigenvalue weighted by atomic mass is 35.5. The van der Waals surface area contributed by atoms with E-state index in [1.807, 2.05) is 36.4 Å². The van der Waals surface area contributed by atoms with Gasteiger partial charge in [-0.05, 0) is 40.6 Å². The molecule has 0 atom stereocenters. The van der Waals surface area contributed by atoms with Crippen molar-refractivity contribution in [2.75, 3.05) is 0 Å². The number of rotatable bonds is 3. The maximum atomic E-state index is 9.39. The summed E-state index contributed by atoms with van der Waals surface area (Å²) in [6.45, 7) is 0.641. The van der Waals surface area contributed by atoms with E-state index in [2.05, 4.69) is 4.84 Å². The van der Waals surface area contributed by atoms with Gasteiger partial charge in [0.05, 0.1) is 0 Å². The quantitative estimate of drug-likeness (QED) is 0.798. The van der Waals surface area contributed by atoms with E-state index in [0.717, 1.165) is 16.7 Å².